The Labute approximate surface area is 126 Å². The maximum absolute atomic E-state index is 11.7. The van der Waals surface area contributed by atoms with Crippen LogP contribution in [0.2, 0.25) is 10.3 Å². The minimum Gasteiger partial charge on any atom is -0.346 e. The van der Waals surface area contributed by atoms with Crippen molar-refractivity contribution in [1.29, 1.82) is 0 Å². The summed E-state index contributed by atoms with van der Waals surface area (Å²) < 4.78 is 0. The third kappa shape index (κ3) is 4.59. The molecule has 7 nitrogen and oxygen atoms in total. The molecule has 1 atom stereocenters. The Morgan fingerprint density at radius 2 is 1.85 bits per heavy atom. The molecule has 0 saturated heterocycles. The number of rotatable bonds is 5. The molecular formula is C11H15Cl2N5O2. The predicted molar refractivity (Wildman–Crippen MR) is 76.5 cm³/mol. The molecule has 1 aromatic heterocycles. The first kappa shape index (κ1) is 16.6. The first-order valence-electron chi connectivity index (χ1n) is 5.82. The SMILES string of the molecule is CC(C)[C@H](N)C(=O)NCC(=O)Nc1c(Cl)ncnc1Cl. The first-order valence-corrected chi connectivity index (χ1v) is 6.57. The summed E-state index contributed by atoms with van der Waals surface area (Å²) in [5.74, 6) is -0.936. The summed E-state index contributed by atoms with van der Waals surface area (Å²) in [5, 5.41) is 4.87. The van der Waals surface area contributed by atoms with E-state index >= 15 is 0 Å². The number of nitrogens with one attached hydrogen (secondary N) is 2. The van der Waals surface area contributed by atoms with Crippen molar-refractivity contribution in [3.63, 3.8) is 0 Å². The molecule has 1 aromatic rings. The summed E-state index contributed by atoms with van der Waals surface area (Å²) in [6, 6.07) is -0.671. The van der Waals surface area contributed by atoms with Gasteiger partial charge in [0, 0.05) is 0 Å². The molecule has 4 N–H and O–H groups in total. The van der Waals surface area contributed by atoms with Gasteiger partial charge in [0.2, 0.25) is 11.8 Å². The zero-order chi connectivity index (χ0) is 15.3. The number of nitrogens with zero attached hydrogens (tertiary/aromatic N) is 2. The van der Waals surface area contributed by atoms with Gasteiger partial charge in [-0.05, 0) is 5.92 Å². The highest BCUT2D eigenvalue weighted by Gasteiger charge is 2.18. The van der Waals surface area contributed by atoms with E-state index in [1.54, 1.807) is 0 Å². The highest BCUT2D eigenvalue weighted by Crippen LogP contribution is 2.25. The van der Waals surface area contributed by atoms with E-state index in [0.717, 1.165) is 0 Å². The van der Waals surface area contributed by atoms with Crippen LogP contribution in [-0.2, 0) is 9.59 Å². The molecule has 0 aliphatic heterocycles. The zero-order valence-corrected chi connectivity index (χ0v) is 12.5. The maximum Gasteiger partial charge on any atom is 0.243 e. The summed E-state index contributed by atoms with van der Waals surface area (Å²) in [6.45, 7) is 3.37. The van der Waals surface area contributed by atoms with E-state index in [9.17, 15) is 9.59 Å². The molecule has 0 spiro atoms. The fraction of sp³-hybridized carbons (Fsp3) is 0.455. The van der Waals surface area contributed by atoms with Crippen LogP contribution in [-0.4, -0.2) is 34.4 Å². The Kier molecular flexibility index (Phi) is 6.12. The second kappa shape index (κ2) is 7.37. The number of amides is 2. The highest BCUT2D eigenvalue weighted by atomic mass is 35.5. The van der Waals surface area contributed by atoms with Crippen LogP contribution in [0.1, 0.15) is 13.8 Å². The van der Waals surface area contributed by atoms with Crippen LogP contribution in [0.4, 0.5) is 5.69 Å². The van der Waals surface area contributed by atoms with Gasteiger partial charge in [-0.1, -0.05) is 37.0 Å². The van der Waals surface area contributed by atoms with Gasteiger partial charge in [-0.25, -0.2) is 9.97 Å². The lowest BCUT2D eigenvalue weighted by atomic mass is 10.1. The van der Waals surface area contributed by atoms with Crippen LogP contribution >= 0.6 is 23.2 Å². The van der Waals surface area contributed by atoms with Gasteiger partial charge in [-0.15, -0.1) is 0 Å². The van der Waals surface area contributed by atoms with E-state index in [1.807, 2.05) is 13.8 Å². The van der Waals surface area contributed by atoms with Crippen molar-refractivity contribution in [3.05, 3.63) is 16.6 Å². The summed E-state index contributed by atoms with van der Waals surface area (Å²) >= 11 is 11.5. The van der Waals surface area contributed by atoms with E-state index in [2.05, 4.69) is 20.6 Å². The lowest BCUT2D eigenvalue weighted by Crippen LogP contribution is -2.46. The molecule has 20 heavy (non-hydrogen) atoms. The molecule has 0 aliphatic carbocycles. The zero-order valence-electron chi connectivity index (χ0n) is 11.0. The van der Waals surface area contributed by atoms with E-state index in [-0.39, 0.29) is 28.5 Å². The number of aromatic nitrogens is 2. The van der Waals surface area contributed by atoms with Crippen LogP contribution in [0.5, 0.6) is 0 Å². The quantitative estimate of drug-likeness (QED) is 0.696. The van der Waals surface area contributed by atoms with Crippen LogP contribution < -0.4 is 16.4 Å². The van der Waals surface area contributed by atoms with Gasteiger partial charge in [0.25, 0.3) is 0 Å². The van der Waals surface area contributed by atoms with Crippen molar-refractivity contribution < 1.29 is 9.59 Å². The third-order valence-electron chi connectivity index (χ3n) is 2.46. The van der Waals surface area contributed by atoms with E-state index < -0.39 is 17.9 Å². The molecule has 2 amide bonds. The largest absolute Gasteiger partial charge is 0.346 e. The summed E-state index contributed by atoms with van der Waals surface area (Å²) in [5.41, 5.74) is 5.74. The third-order valence-corrected chi connectivity index (χ3v) is 3.04. The Morgan fingerprint density at radius 1 is 1.30 bits per heavy atom. The highest BCUT2D eigenvalue weighted by molar-refractivity contribution is 6.38. The second-order valence-electron chi connectivity index (χ2n) is 4.37. The monoisotopic (exact) mass is 319 g/mol. The van der Waals surface area contributed by atoms with Crippen molar-refractivity contribution in [2.75, 3.05) is 11.9 Å². The molecule has 0 aromatic carbocycles. The van der Waals surface area contributed by atoms with E-state index in [0.29, 0.717) is 0 Å². The molecule has 0 saturated carbocycles. The number of nitrogens with two attached hydrogens (primary N) is 1. The maximum atomic E-state index is 11.7. The Morgan fingerprint density at radius 3 is 2.35 bits per heavy atom. The predicted octanol–water partition coefficient (Wildman–Crippen LogP) is 0.821. The lowest BCUT2D eigenvalue weighted by molar-refractivity contribution is -0.125. The minimum absolute atomic E-state index is 0.0172. The Hall–Kier alpha value is -1.44. The van der Waals surface area contributed by atoms with Crippen molar-refractivity contribution >= 4 is 40.7 Å². The van der Waals surface area contributed by atoms with Crippen LogP contribution in [0.15, 0.2) is 6.33 Å². The standard InChI is InChI=1S/C11H15Cl2N5O2/c1-5(2)7(14)11(20)15-3-6(19)18-8-9(12)16-4-17-10(8)13/h4-5,7H,3,14H2,1-2H3,(H,15,20)(H,18,19)/t7-/m0/s1. The van der Waals surface area contributed by atoms with Gasteiger partial charge in [0.15, 0.2) is 10.3 Å². The average Bonchev–Trinajstić information content (AvgIpc) is 2.39. The van der Waals surface area contributed by atoms with Crippen LogP contribution in [0.3, 0.4) is 0 Å². The molecule has 0 fully saturated rings. The first-order chi connectivity index (χ1) is 9.32. The van der Waals surface area contributed by atoms with Crippen molar-refractivity contribution in [2.45, 2.75) is 19.9 Å². The molecule has 9 heteroatoms. The van der Waals surface area contributed by atoms with Crippen LogP contribution in [0.25, 0.3) is 0 Å². The molecule has 1 rings (SSSR count). The van der Waals surface area contributed by atoms with Gasteiger partial charge < -0.3 is 16.4 Å². The van der Waals surface area contributed by atoms with Crippen molar-refractivity contribution in [2.24, 2.45) is 11.7 Å². The fourth-order valence-corrected chi connectivity index (χ4v) is 1.63. The Balaban J connectivity index is 2.55. The number of hydrogen-bond donors (Lipinski definition) is 3. The van der Waals surface area contributed by atoms with E-state index in [1.165, 1.54) is 6.33 Å². The minimum atomic E-state index is -0.671. The summed E-state index contributed by atoms with van der Waals surface area (Å²) in [7, 11) is 0. The van der Waals surface area contributed by atoms with Gasteiger partial charge in [-0.3, -0.25) is 9.59 Å². The smallest absolute Gasteiger partial charge is 0.243 e. The molecule has 110 valence electrons. The van der Waals surface area contributed by atoms with Crippen LogP contribution in [0, 0.1) is 5.92 Å². The molecule has 1 heterocycles. The molecule has 0 bridgehead atoms. The number of carbonyl (C=O) groups excluding carboxylic acids is 2. The Bertz CT molecular complexity index is 489. The summed E-state index contributed by atoms with van der Waals surface area (Å²) in [4.78, 5) is 30.6. The van der Waals surface area contributed by atoms with Crippen molar-refractivity contribution in [3.8, 4) is 0 Å². The van der Waals surface area contributed by atoms with E-state index in [4.69, 9.17) is 28.9 Å². The molecule has 0 aliphatic rings. The lowest BCUT2D eigenvalue weighted by Gasteiger charge is -2.15. The average molecular weight is 320 g/mol. The molecular weight excluding hydrogens is 305 g/mol. The van der Waals surface area contributed by atoms with Crippen molar-refractivity contribution in [1.82, 2.24) is 15.3 Å². The second-order valence-corrected chi connectivity index (χ2v) is 5.08. The number of carbonyl (C=O) groups is 2. The van der Waals surface area contributed by atoms with Gasteiger partial charge >= 0.3 is 0 Å². The molecule has 0 unspecified atom stereocenters. The number of hydrogen-bond acceptors (Lipinski definition) is 5. The topological polar surface area (TPSA) is 110 Å². The normalized spacial score (nSPS) is 12.1. The van der Waals surface area contributed by atoms with Gasteiger partial charge in [0.05, 0.1) is 12.6 Å². The van der Waals surface area contributed by atoms with Gasteiger partial charge in [0.1, 0.15) is 12.0 Å². The van der Waals surface area contributed by atoms with Gasteiger partial charge in [-0.2, -0.15) is 0 Å². The fourth-order valence-electron chi connectivity index (χ4n) is 1.22. The number of anilines is 1. The molecule has 0 radical (unpaired) electrons. The summed E-state index contributed by atoms with van der Waals surface area (Å²) in [6.07, 6.45) is 1.17. The number of halogens is 2.